The average molecular weight is 167 g/mol. The van der Waals surface area contributed by atoms with Crippen molar-refractivity contribution < 1.29 is 0 Å². The highest BCUT2D eigenvalue weighted by atomic mass is 35.8. The summed E-state index contributed by atoms with van der Waals surface area (Å²) in [4.78, 5) is 0. The number of halogens is 2. The fourth-order valence-corrected chi connectivity index (χ4v) is 2.36. The Hall–Kier alpha value is 1.63. The van der Waals surface area contributed by atoms with Crippen molar-refractivity contribution in [3.8, 4) is 0 Å². The maximum atomic E-state index is 5.08. The summed E-state index contributed by atoms with van der Waals surface area (Å²) in [7, 11) is 13.7. The zero-order valence-corrected chi connectivity index (χ0v) is 5.94. The van der Waals surface area contributed by atoms with E-state index in [-0.39, 0.29) is 0 Å². The summed E-state index contributed by atoms with van der Waals surface area (Å²) >= 11 is 0. The minimum Gasteiger partial charge on any atom is -0.0309 e. The summed E-state index contributed by atoms with van der Waals surface area (Å²) in [6.07, 6.45) is 0. The minimum absolute atomic E-state index is 1.12. The van der Waals surface area contributed by atoms with E-state index < -0.39 is 0 Å². The highest BCUT2D eigenvalue weighted by Gasteiger charge is 1.75. The van der Waals surface area contributed by atoms with Gasteiger partial charge in [-0.1, -0.05) is 0 Å². The van der Waals surface area contributed by atoms with Gasteiger partial charge in [0, 0.05) is 29.8 Å². The lowest BCUT2D eigenvalue weighted by atomic mass is 30.5. The first kappa shape index (κ1) is 6.63. The van der Waals surface area contributed by atoms with E-state index in [4.69, 9.17) is 21.4 Å². The zero-order chi connectivity index (χ0) is 4.12. The van der Waals surface area contributed by atoms with Gasteiger partial charge in [0.15, 0.2) is 0 Å². The maximum Gasteiger partial charge on any atom is 0.0264 e. The van der Waals surface area contributed by atoms with Crippen LogP contribution in [0.4, 0.5) is 0 Å². The lowest BCUT2D eigenvalue weighted by Crippen LogP contribution is -1.08. The third-order valence-electron chi connectivity index (χ3n) is 0.0514. The van der Waals surface area contributed by atoms with Crippen LogP contribution in [0.25, 0.3) is 0 Å². The van der Waals surface area contributed by atoms with Crippen molar-refractivity contribution in [3.63, 3.8) is 0 Å². The monoisotopic (exact) mass is 166 g/mol. The molecule has 0 aromatic heterocycles. The Bertz CT molecular complexity index is 12.4. The summed E-state index contributed by atoms with van der Waals surface area (Å²) in [6, 6.07) is 0. The van der Waals surface area contributed by atoms with Crippen LogP contribution in [0.3, 0.4) is 0 Å². The Morgan fingerprint density at radius 3 is 1.40 bits per heavy atom. The molecule has 5 heteroatoms. The molecule has 5 heavy (non-hydrogen) atoms. The first-order valence-electron chi connectivity index (χ1n) is 0.642. The molecule has 0 aromatic rings. The van der Waals surface area contributed by atoms with Gasteiger partial charge in [0.1, 0.15) is 0 Å². The molecule has 0 radical (unpaired) electrons. The molecule has 32 valence electrons. The molecule has 0 unspecified atom stereocenters. The topological polar surface area (TPSA) is 0 Å². The average Bonchev–Trinajstić information content (AvgIpc) is 1.41. The Morgan fingerprint density at radius 2 is 1.40 bits per heavy atom. The molecular weight excluding hydrogens is 167 g/mol. The molecule has 0 heterocycles. The number of rotatable bonds is 2. The zero-order valence-electron chi connectivity index (χ0n) is 1.98. The van der Waals surface area contributed by atoms with Crippen molar-refractivity contribution in [2.24, 2.45) is 0 Å². The van der Waals surface area contributed by atoms with Gasteiger partial charge in [0.25, 0.3) is 0 Å². The van der Waals surface area contributed by atoms with E-state index in [0.29, 0.717) is 0 Å². The summed E-state index contributed by atoms with van der Waals surface area (Å²) in [6.45, 7) is 0. The first-order valence-corrected chi connectivity index (χ1v) is 5.78. The second-order valence-electron chi connectivity index (χ2n) is 0.194. The fourth-order valence-electron chi connectivity index (χ4n) is 0.00972. The standard InChI is InChI=1S/Cl2S3/c1-3-5-4-2. The third kappa shape index (κ3) is 5.63. The quantitative estimate of drug-likeness (QED) is 0.579. The van der Waals surface area contributed by atoms with Crippen molar-refractivity contribution in [1.82, 2.24) is 0 Å². The van der Waals surface area contributed by atoms with Crippen LogP contribution in [0.2, 0.25) is 0 Å². The second-order valence-corrected chi connectivity index (χ2v) is 5.24. The molecule has 0 spiro atoms. The maximum absolute atomic E-state index is 5.08. The molecule has 0 aliphatic heterocycles. The van der Waals surface area contributed by atoms with Crippen molar-refractivity contribution in [2.45, 2.75) is 0 Å². The van der Waals surface area contributed by atoms with Crippen LogP contribution >= 0.6 is 51.2 Å². The molecule has 0 atom stereocenters. The van der Waals surface area contributed by atoms with Gasteiger partial charge in [0.2, 0.25) is 0 Å². The predicted molar refractivity (Wildman–Crippen MR) is 34.5 cm³/mol. The van der Waals surface area contributed by atoms with E-state index in [1.165, 1.54) is 9.83 Å². The van der Waals surface area contributed by atoms with Crippen LogP contribution in [-0.2, 0) is 0 Å². The van der Waals surface area contributed by atoms with Crippen LogP contribution < -0.4 is 0 Å². The summed E-state index contributed by atoms with van der Waals surface area (Å²) in [5.74, 6) is 0. The van der Waals surface area contributed by atoms with Crippen molar-refractivity contribution in [1.29, 1.82) is 0 Å². The summed E-state index contributed by atoms with van der Waals surface area (Å²) in [5.41, 5.74) is 0. The van der Waals surface area contributed by atoms with Crippen LogP contribution in [0.1, 0.15) is 0 Å². The van der Waals surface area contributed by atoms with Crippen molar-refractivity contribution in [3.05, 3.63) is 0 Å². The van der Waals surface area contributed by atoms with Gasteiger partial charge in [-0.05, 0) is 21.4 Å². The number of hydrogen-bond donors (Lipinski definition) is 0. The molecule has 0 rings (SSSR count). The Labute approximate surface area is 51.2 Å². The highest BCUT2D eigenvalue weighted by molar-refractivity contribution is 9.17. The predicted octanol–water partition coefficient (Wildman–Crippen LogP) is 3.32. The van der Waals surface area contributed by atoms with E-state index in [1.54, 1.807) is 0 Å². The minimum atomic E-state index is 1.12. The lowest BCUT2D eigenvalue weighted by Gasteiger charge is -1.72. The van der Waals surface area contributed by atoms with Crippen LogP contribution in [0.15, 0.2) is 0 Å². The second kappa shape index (κ2) is 5.63. The van der Waals surface area contributed by atoms with Crippen LogP contribution in [0, 0.1) is 0 Å². The molecule has 0 aromatic carbocycles. The van der Waals surface area contributed by atoms with E-state index >= 15 is 0 Å². The van der Waals surface area contributed by atoms with Gasteiger partial charge in [-0.15, -0.1) is 0 Å². The normalized spacial score (nSPS) is 8.40. The van der Waals surface area contributed by atoms with Gasteiger partial charge in [-0.3, -0.25) is 0 Å². The van der Waals surface area contributed by atoms with Gasteiger partial charge >= 0.3 is 0 Å². The van der Waals surface area contributed by atoms with E-state index in [9.17, 15) is 0 Å². The van der Waals surface area contributed by atoms with Crippen molar-refractivity contribution in [2.75, 3.05) is 0 Å². The first-order chi connectivity index (χ1) is 2.41. The summed E-state index contributed by atoms with van der Waals surface area (Å²) < 4.78 is 0. The molecule has 0 aliphatic carbocycles. The molecule has 0 bridgehead atoms. The Morgan fingerprint density at radius 1 is 1.00 bits per heavy atom. The molecule has 0 nitrogen and oxygen atoms in total. The molecule has 0 aliphatic rings. The fraction of sp³-hybridized carbons (Fsp3) is 0. The summed E-state index contributed by atoms with van der Waals surface area (Å²) in [5, 5.41) is 0. The van der Waals surface area contributed by atoms with E-state index in [0.717, 1.165) is 20.0 Å². The van der Waals surface area contributed by atoms with E-state index in [2.05, 4.69) is 0 Å². The van der Waals surface area contributed by atoms with Gasteiger partial charge < -0.3 is 0 Å². The number of hydrogen-bond acceptors (Lipinski definition) is 3. The SMILES string of the molecule is ClSSSCl. The molecule has 0 saturated heterocycles. The molecule has 0 fully saturated rings. The molecule has 0 amide bonds. The van der Waals surface area contributed by atoms with Crippen molar-refractivity contribution >= 4 is 51.2 Å². The van der Waals surface area contributed by atoms with E-state index in [1.807, 2.05) is 0 Å². The Balaban J connectivity index is 2.19. The van der Waals surface area contributed by atoms with Crippen LogP contribution in [0.5, 0.6) is 0 Å². The van der Waals surface area contributed by atoms with Gasteiger partial charge in [0.05, 0.1) is 0 Å². The molecule has 0 N–H and O–H groups in total. The Kier molecular flexibility index (Phi) is 7.47. The lowest BCUT2D eigenvalue weighted by molar-refractivity contribution is 5.21. The molecule has 0 saturated carbocycles. The van der Waals surface area contributed by atoms with Gasteiger partial charge in [-0.2, -0.15) is 0 Å². The largest absolute Gasteiger partial charge is 0.0309 e. The smallest absolute Gasteiger partial charge is 0.0264 e. The van der Waals surface area contributed by atoms with Gasteiger partial charge in [-0.25, -0.2) is 0 Å². The third-order valence-corrected chi connectivity index (χ3v) is 4.17. The van der Waals surface area contributed by atoms with Crippen LogP contribution in [-0.4, -0.2) is 0 Å². The highest BCUT2D eigenvalue weighted by Crippen LogP contribution is 2.39. The molecular formula is Cl2S3.